The number of hydrogen-bond acceptors (Lipinski definition) is 2. The summed E-state index contributed by atoms with van der Waals surface area (Å²) in [5.74, 6) is -0.244. The fraction of sp³-hybridized carbons (Fsp3) is 0.455. The Labute approximate surface area is 99.4 Å². The minimum atomic E-state index is -0.244. The van der Waals surface area contributed by atoms with Crippen LogP contribution in [0.15, 0.2) is 18.2 Å². The van der Waals surface area contributed by atoms with Crippen molar-refractivity contribution in [2.24, 2.45) is 0 Å². The molecule has 1 N–H and O–H groups in total. The molecule has 1 nitrogen and oxygen atoms in total. The first-order chi connectivity index (χ1) is 7.15. The van der Waals surface area contributed by atoms with Crippen LogP contribution in [0.3, 0.4) is 0 Å². The SMILES string of the molecule is CSC(C)CNCc1c(F)cccc1Cl. The number of hydrogen-bond donors (Lipinski definition) is 1. The highest BCUT2D eigenvalue weighted by Gasteiger charge is 2.06. The number of benzene rings is 1. The summed E-state index contributed by atoms with van der Waals surface area (Å²) in [5.41, 5.74) is 0.549. The highest BCUT2D eigenvalue weighted by molar-refractivity contribution is 7.99. The van der Waals surface area contributed by atoms with Crippen molar-refractivity contribution >= 4 is 23.4 Å². The van der Waals surface area contributed by atoms with Gasteiger partial charge < -0.3 is 5.32 Å². The van der Waals surface area contributed by atoms with E-state index < -0.39 is 0 Å². The van der Waals surface area contributed by atoms with Crippen molar-refractivity contribution in [1.82, 2.24) is 5.32 Å². The van der Waals surface area contributed by atoms with Crippen molar-refractivity contribution < 1.29 is 4.39 Å². The Bertz CT molecular complexity index is 299. The zero-order valence-corrected chi connectivity index (χ0v) is 10.5. The van der Waals surface area contributed by atoms with E-state index in [1.807, 2.05) is 0 Å². The average Bonchev–Trinajstić information content (AvgIpc) is 2.22. The minimum absolute atomic E-state index is 0.244. The second kappa shape index (κ2) is 6.36. The van der Waals surface area contributed by atoms with E-state index in [4.69, 9.17) is 11.6 Å². The third kappa shape index (κ3) is 4.01. The molecule has 0 saturated heterocycles. The van der Waals surface area contributed by atoms with Gasteiger partial charge in [0.15, 0.2) is 0 Å². The van der Waals surface area contributed by atoms with E-state index in [1.54, 1.807) is 23.9 Å². The summed E-state index contributed by atoms with van der Waals surface area (Å²) >= 11 is 7.67. The lowest BCUT2D eigenvalue weighted by Crippen LogP contribution is -2.22. The van der Waals surface area contributed by atoms with Crippen LogP contribution < -0.4 is 5.32 Å². The molecule has 0 aromatic heterocycles. The summed E-state index contributed by atoms with van der Waals surface area (Å²) in [5, 5.41) is 4.20. The first kappa shape index (κ1) is 12.8. The highest BCUT2D eigenvalue weighted by Crippen LogP contribution is 2.18. The molecule has 0 radical (unpaired) electrons. The average molecular weight is 248 g/mol. The largest absolute Gasteiger partial charge is 0.311 e. The molecule has 15 heavy (non-hydrogen) atoms. The molecule has 0 amide bonds. The normalized spacial score (nSPS) is 12.8. The van der Waals surface area contributed by atoms with Gasteiger partial charge in [0.05, 0.1) is 0 Å². The molecule has 0 aliphatic rings. The van der Waals surface area contributed by atoms with Gasteiger partial charge in [0.2, 0.25) is 0 Å². The molecule has 1 aromatic carbocycles. The smallest absolute Gasteiger partial charge is 0.129 e. The molecular formula is C11H15ClFNS. The number of thioether (sulfide) groups is 1. The standard InChI is InChI=1S/C11H15ClFNS/c1-8(15-2)6-14-7-9-10(12)4-3-5-11(9)13/h3-5,8,14H,6-7H2,1-2H3. The number of halogens is 2. The summed E-state index contributed by atoms with van der Waals surface area (Å²) in [4.78, 5) is 0. The number of rotatable bonds is 5. The summed E-state index contributed by atoms with van der Waals surface area (Å²) in [7, 11) is 0. The maximum Gasteiger partial charge on any atom is 0.129 e. The van der Waals surface area contributed by atoms with Crippen molar-refractivity contribution in [3.8, 4) is 0 Å². The van der Waals surface area contributed by atoms with Gasteiger partial charge in [-0.2, -0.15) is 11.8 Å². The van der Waals surface area contributed by atoms with Crippen molar-refractivity contribution in [3.05, 3.63) is 34.6 Å². The Morgan fingerprint density at radius 2 is 2.27 bits per heavy atom. The fourth-order valence-corrected chi connectivity index (χ4v) is 1.70. The Morgan fingerprint density at radius 3 is 2.87 bits per heavy atom. The van der Waals surface area contributed by atoms with Crippen LogP contribution in [0.25, 0.3) is 0 Å². The molecule has 0 aliphatic carbocycles. The molecule has 0 bridgehead atoms. The summed E-state index contributed by atoms with van der Waals surface area (Å²) in [6.07, 6.45) is 2.06. The van der Waals surface area contributed by atoms with Gasteiger partial charge in [-0.3, -0.25) is 0 Å². The van der Waals surface area contributed by atoms with Crippen LogP contribution in [-0.4, -0.2) is 18.1 Å². The first-order valence-electron chi connectivity index (χ1n) is 4.81. The van der Waals surface area contributed by atoms with Gasteiger partial charge in [-0.1, -0.05) is 24.6 Å². The molecule has 84 valence electrons. The quantitative estimate of drug-likeness (QED) is 0.857. The summed E-state index contributed by atoms with van der Waals surface area (Å²) in [6.45, 7) is 3.46. The van der Waals surface area contributed by atoms with Crippen LogP contribution >= 0.6 is 23.4 Å². The van der Waals surface area contributed by atoms with Gasteiger partial charge in [-0.25, -0.2) is 4.39 Å². The zero-order chi connectivity index (χ0) is 11.3. The van der Waals surface area contributed by atoms with E-state index in [0.717, 1.165) is 6.54 Å². The van der Waals surface area contributed by atoms with Gasteiger partial charge in [-0.05, 0) is 18.4 Å². The third-order valence-electron chi connectivity index (χ3n) is 2.20. The van der Waals surface area contributed by atoms with E-state index in [0.29, 0.717) is 22.4 Å². The second-order valence-corrected chi connectivity index (χ2v) is 5.06. The molecule has 4 heteroatoms. The van der Waals surface area contributed by atoms with Gasteiger partial charge in [0, 0.05) is 28.9 Å². The monoisotopic (exact) mass is 247 g/mol. The van der Waals surface area contributed by atoms with E-state index in [1.165, 1.54) is 6.07 Å². The molecule has 1 aromatic rings. The second-order valence-electron chi connectivity index (χ2n) is 3.38. The van der Waals surface area contributed by atoms with Gasteiger partial charge in [-0.15, -0.1) is 0 Å². The first-order valence-corrected chi connectivity index (χ1v) is 6.48. The Balaban J connectivity index is 2.50. The topological polar surface area (TPSA) is 12.0 Å². The fourth-order valence-electron chi connectivity index (χ4n) is 1.18. The minimum Gasteiger partial charge on any atom is -0.311 e. The van der Waals surface area contributed by atoms with E-state index in [2.05, 4.69) is 18.5 Å². The number of nitrogens with one attached hydrogen (secondary N) is 1. The van der Waals surface area contributed by atoms with Gasteiger partial charge in [0.25, 0.3) is 0 Å². The van der Waals surface area contributed by atoms with E-state index >= 15 is 0 Å². The predicted molar refractivity (Wildman–Crippen MR) is 66.1 cm³/mol. The van der Waals surface area contributed by atoms with Crippen molar-refractivity contribution in [2.75, 3.05) is 12.8 Å². The third-order valence-corrected chi connectivity index (χ3v) is 3.52. The van der Waals surface area contributed by atoms with Crippen LogP contribution in [0.5, 0.6) is 0 Å². The Kier molecular flexibility index (Phi) is 5.43. The van der Waals surface area contributed by atoms with Gasteiger partial charge in [0.1, 0.15) is 5.82 Å². The molecule has 0 saturated carbocycles. The van der Waals surface area contributed by atoms with Crippen LogP contribution in [0.4, 0.5) is 4.39 Å². The summed E-state index contributed by atoms with van der Waals surface area (Å²) < 4.78 is 13.3. The lowest BCUT2D eigenvalue weighted by Gasteiger charge is -2.11. The lowest BCUT2D eigenvalue weighted by atomic mass is 10.2. The van der Waals surface area contributed by atoms with E-state index in [9.17, 15) is 4.39 Å². The zero-order valence-electron chi connectivity index (χ0n) is 8.89. The van der Waals surface area contributed by atoms with Crippen LogP contribution in [-0.2, 0) is 6.54 Å². The van der Waals surface area contributed by atoms with Crippen molar-refractivity contribution in [3.63, 3.8) is 0 Å². The molecular weight excluding hydrogens is 233 g/mol. The van der Waals surface area contributed by atoms with Crippen LogP contribution in [0.2, 0.25) is 5.02 Å². The lowest BCUT2D eigenvalue weighted by molar-refractivity contribution is 0.588. The van der Waals surface area contributed by atoms with Gasteiger partial charge >= 0.3 is 0 Å². The molecule has 1 unspecified atom stereocenters. The molecule has 0 aliphatic heterocycles. The highest BCUT2D eigenvalue weighted by atomic mass is 35.5. The Morgan fingerprint density at radius 1 is 1.53 bits per heavy atom. The Hall–Kier alpha value is -0.250. The maximum absolute atomic E-state index is 13.3. The molecule has 0 heterocycles. The van der Waals surface area contributed by atoms with Crippen LogP contribution in [0.1, 0.15) is 12.5 Å². The van der Waals surface area contributed by atoms with E-state index in [-0.39, 0.29) is 5.82 Å². The molecule has 0 spiro atoms. The predicted octanol–water partition coefficient (Wildman–Crippen LogP) is 3.32. The van der Waals surface area contributed by atoms with Crippen molar-refractivity contribution in [2.45, 2.75) is 18.7 Å². The van der Waals surface area contributed by atoms with Crippen LogP contribution in [0, 0.1) is 5.82 Å². The molecule has 1 atom stereocenters. The summed E-state index contributed by atoms with van der Waals surface area (Å²) in [6, 6.07) is 4.76. The molecule has 1 rings (SSSR count). The maximum atomic E-state index is 13.3. The molecule has 0 fully saturated rings. The van der Waals surface area contributed by atoms with Crippen molar-refractivity contribution in [1.29, 1.82) is 0 Å².